The average molecular weight is 427 g/mol. The molecule has 0 fully saturated rings. The maximum absolute atomic E-state index is 13.2. The highest BCUT2D eigenvalue weighted by atomic mass is 16.2. The second-order valence-corrected chi connectivity index (χ2v) is 7.85. The first-order chi connectivity index (χ1) is 15.5. The SMILES string of the molecule is CCCNC(=O)Cc1cccc(N(Cc2ccc(C)cc2)C(=O)/C=C/c2ccccc2)c1. The molecule has 32 heavy (non-hydrogen) atoms. The van der Waals surface area contributed by atoms with Crippen molar-refractivity contribution in [3.8, 4) is 0 Å². The molecule has 0 aliphatic rings. The number of hydrogen-bond acceptors (Lipinski definition) is 2. The summed E-state index contributed by atoms with van der Waals surface area (Å²) in [6.45, 7) is 5.19. The van der Waals surface area contributed by atoms with Gasteiger partial charge >= 0.3 is 0 Å². The second kappa shape index (κ2) is 11.7. The Bertz CT molecular complexity index is 1060. The molecule has 0 aromatic heterocycles. The van der Waals surface area contributed by atoms with Gasteiger partial charge in [-0.3, -0.25) is 9.59 Å². The van der Waals surface area contributed by atoms with Crippen LogP contribution in [0.3, 0.4) is 0 Å². The van der Waals surface area contributed by atoms with Crippen LogP contribution in [0.1, 0.15) is 35.6 Å². The molecule has 164 valence electrons. The summed E-state index contributed by atoms with van der Waals surface area (Å²) in [6.07, 6.45) is 4.62. The Morgan fingerprint density at radius 1 is 0.906 bits per heavy atom. The molecule has 0 saturated carbocycles. The normalized spacial score (nSPS) is 10.8. The molecular weight excluding hydrogens is 396 g/mol. The molecule has 4 nitrogen and oxygen atoms in total. The van der Waals surface area contributed by atoms with E-state index in [0.29, 0.717) is 19.5 Å². The Morgan fingerprint density at radius 2 is 1.66 bits per heavy atom. The topological polar surface area (TPSA) is 49.4 Å². The summed E-state index contributed by atoms with van der Waals surface area (Å²) in [5.74, 6) is -0.119. The number of nitrogens with zero attached hydrogens (tertiary/aromatic N) is 1. The van der Waals surface area contributed by atoms with E-state index in [1.807, 2.05) is 98.8 Å². The Balaban J connectivity index is 1.85. The molecule has 0 radical (unpaired) electrons. The van der Waals surface area contributed by atoms with Crippen molar-refractivity contribution < 1.29 is 9.59 Å². The van der Waals surface area contributed by atoms with E-state index < -0.39 is 0 Å². The summed E-state index contributed by atoms with van der Waals surface area (Å²) in [7, 11) is 0. The van der Waals surface area contributed by atoms with E-state index in [0.717, 1.165) is 28.8 Å². The smallest absolute Gasteiger partial charge is 0.251 e. The summed E-state index contributed by atoms with van der Waals surface area (Å²) in [5, 5.41) is 2.91. The fraction of sp³-hybridized carbons (Fsp3) is 0.214. The molecule has 4 heteroatoms. The molecule has 2 amide bonds. The lowest BCUT2D eigenvalue weighted by atomic mass is 10.1. The highest BCUT2D eigenvalue weighted by Gasteiger charge is 2.15. The van der Waals surface area contributed by atoms with Crippen LogP contribution in [0, 0.1) is 6.92 Å². The third-order valence-electron chi connectivity index (χ3n) is 5.10. The summed E-state index contributed by atoms with van der Waals surface area (Å²) in [6, 6.07) is 25.6. The molecule has 0 heterocycles. The van der Waals surface area contributed by atoms with Crippen molar-refractivity contribution >= 4 is 23.6 Å². The highest BCUT2D eigenvalue weighted by Crippen LogP contribution is 2.21. The van der Waals surface area contributed by atoms with Crippen LogP contribution in [0.15, 0.2) is 84.9 Å². The number of rotatable bonds is 9. The van der Waals surface area contributed by atoms with Crippen LogP contribution in [-0.2, 0) is 22.6 Å². The fourth-order valence-corrected chi connectivity index (χ4v) is 3.34. The molecule has 0 aliphatic heterocycles. The van der Waals surface area contributed by atoms with Crippen LogP contribution < -0.4 is 10.2 Å². The number of nitrogens with one attached hydrogen (secondary N) is 1. The lowest BCUT2D eigenvalue weighted by Gasteiger charge is -2.22. The molecule has 3 aromatic rings. The van der Waals surface area contributed by atoms with Crippen molar-refractivity contribution in [2.45, 2.75) is 33.2 Å². The highest BCUT2D eigenvalue weighted by molar-refractivity contribution is 6.03. The van der Waals surface area contributed by atoms with Gasteiger partial charge in [-0.05, 0) is 48.2 Å². The van der Waals surface area contributed by atoms with E-state index in [9.17, 15) is 9.59 Å². The van der Waals surface area contributed by atoms with Gasteiger partial charge in [-0.1, -0.05) is 79.2 Å². The summed E-state index contributed by atoms with van der Waals surface area (Å²) < 4.78 is 0. The van der Waals surface area contributed by atoms with Crippen LogP contribution in [-0.4, -0.2) is 18.4 Å². The van der Waals surface area contributed by atoms with Crippen LogP contribution in [0.25, 0.3) is 6.08 Å². The largest absolute Gasteiger partial charge is 0.356 e. The molecule has 0 aliphatic carbocycles. The lowest BCUT2D eigenvalue weighted by molar-refractivity contribution is -0.120. The number of amides is 2. The molecule has 0 bridgehead atoms. The molecule has 0 saturated heterocycles. The van der Waals surface area contributed by atoms with Gasteiger partial charge in [-0.2, -0.15) is 0 Å². The molecule has 0 atom stereocenters. The third kappa shape index (κ3) is 6.95. The number of benzene rings is 3. The zero-order valence-electron chi connectivity index (χ0n) is 18.8. The van der Waals surface area contributed by atoms with Crippen LogP contribution in [0.2, 0.25) is 0 Å². The van der Waals surface area contributed by atoms with Gasteiger partial charge in [0, 0.05) is 18.3 Å². The second-order valence-electron chi connectivity index (χ2n) is 7.85. The Morgan fingerprint density at radius 3 is 2.38 bits per heavy atom. The van der Waals surface area contributed by atoms with Crippen molar-refractivity contribution in [3.63, 3.8) is 0 Å². The summed E-state index contributed by atoms with van der Waals surface area (Å²) in [4.78, 5) is 27.1. The molecular formula is C28H30N2O2. The monoisotopic (exact) mass is 426 g/mol. The van der Waals surface area contributed by atoms with Crippen molar-refractivity contribution in [2.75, 3.05) is 11.4 Å². The molecule has 3 rings (SSSR count). The first-order valence-electron chi connectivity index (χ1n) is 11.0. The fourth-order valence-electron chi connectivity index (χ4n) is 3.34. The van der Waals surface area contributed by atoms with E-state index in [4.69, 9.17) is 0 Å². The van der Waals surface area contributed by atoms with Crippen molar-refractivity contribution in [1.82, 2.24) is 5.32 Å². The third-order valence-corrected chi connectivity index (χ3v) is 5.10. The zero-order chi connectivity index (χ0) is 22.8. The van der Waals surface area contributed by atoms with Gasteiger partial charge in [0.25, 0.3) is 5.91 Å². The van der Waals surface area contributed by atoms with Gasteiger partial charge in [0.2, 0.25) is 5.91 Å². The number of anilines is 1. The van der Waals surface area contributed by atoms with Gasteiger partial charge in [-0.15, -0.1) is 0 Å². The minimum absolute atomic E-state index is 0.00983. The standard InChI is InChI=1S/C28H30N2O2/c1-3-18-29-27(31)20-25-10-7-11-26(19-25)30(21-24-14-12-22(2)13-15-24)28(32)17-16-23-8-5-4-6-9-23/h4-17,19H,3,18,20-21H2,1-2H3,(H,29,31)/b17-16+. The molecule has 1 N–H and O–H groups in total. The quantitative estimate of drug-likeness (QED) is 0.472. The predicted octanol–water partition coefficient (Wildman–Crippen LogP) is 5.31. The van der Waals surface area contributed by atoms with Crippen molar-refractivity contribution in [3.05, 3.63) is 107 Å². The van der Waals surface area contributed by atoms with Gasteiger partial charge < -0.3 is 10.2 Å². The summed E-state index contributed by atoms with van der Waals surface area (Å²) >= 11 is 0. The number of aryl methyl sites for hydroxylation is 1. The Hall–Kier alpha value is -3.66. The minimum Gasteiger partial charge on any atom is -0.356 e. The van der Waals surface area contributed by atoms with Gasteiger partial charge in [0.05, 0.1) is 13.0 Å². The van der Waals surface area contributed by atoms with E-state index in [-0.39, 0.29) is 11.8 Å². The van der Waals surface area contributed by atoms with E-state index in [2.05, 4.69) is 5.32 Å². The first kappa shape index (κ1) is 23.0. The molecule has 3 aromatic carbocycles. The maximum Gasteiger partial charge on any atom is 0.251 e. The summed E-state index contributed by atoms with van der Waals surface area (Å²) in [5.41, 5.74) is 4.84. The van der Waals surface area contributed by atoms with E-state index in [1.54, 1.807) is 11.0 Å². The lowest BCUT2D eigenvalue weighted by Crippen LogP contribution is -2.29. The van der Waals surface area contributed by atoms with E-state index in [1.165, 1.54) is 5.56 Å². The van der Waals surface area contributed by atoms with E-state index >= 15 is 0 Å². The first-order valence-corrected chi connectivity index (χ1v) is 11.0. The number of hydrogen-bond donors (Lipinski definition) is 1. The van der Waals surface area contributed by atoms with Gasteiger partial charge in [0.15, 0.2) is 0 Å². The number of carbonyl (C=O) groups excluding carboxylic acids is 2. The Labute approximate surface area is 190 Å². The molecule has 0 spiro atoms. The average Bonchev–Trinajstić information content (AvgIpc) is 2.81. The molecule has 0 unspecified atom stereocenters. The maximum atomic E-state index is 13.2. The van der Waals surface area contributed by atoms with Crippen LogP contribution in [0.5, 0.6) is 0 Å². The van der Waals surface area contributed by atoms with Gasteiger partial charge in [0.1, 0.15) is 0 Å². The van der Waals surface area contributed by atoms with Crippen molar-refractivity contribution in [1.29, 1.82) is 0 Å². The Kier molecular flexibility index (Phi) is 8.38. The van der Waals surface area contributed by atoms with Crippen molar-refractivity contribution in [2.24, 2.45) is 0 Å². The zero-order valence-corrected chi connectivity index (χ0v) is 18.8. The van der Waals surface area contributed by atoms with Crippen LogP contribution >= 0.6 is 0 Å². The predicted molar refractivity (Wildman–Crippen MR) is 131 cm³/mol. The number of carbonyl (C=O) groups is 2. The minimum atomic E-state index is -0.109. The van der Waals surface area contributed by atoms with Crippen LogP contribution in [0.4, 0.5) is 5.69 Å². The van der Waals surface area contributed by atoms with Gasteiger partial charge in [-0.25, -0.2) is 0 Å².